The highest BCUT2D eigenvalue weighted by Gasteiger charge is 1.91. The molecule has 0 saturated heterocycles. The smallest absolute Gasteiger partial charge is 0.253 e. The fourth-order valence-electron chi connectivity index (χ4n) is 0.693. The molecule has 0 N–H and O–H groups in total. The molecule has 1 heterocycles. The van der Waals surface area contributed by atoms with Crippen molar-refractivity contribution in [3.63, 3.8) is 0 Å². The molecule has 0 fully saturated rings. The molecule has 0 aliphatic carbocycles. The molecule has 0 radical (unpaired) electrons. The van der Waals surface area contributed by atoms with Gasteiger partial charge in [0.15, 0.2) is 0 Å². The number of hydrogen-bond acceptors (Lipinski definition) is 2. The van der Waals surface area contributed by atoms with Crippen LogP contribution in [0.2, 0.25) is 0 Å². The third-order valence-electron chi connectivity index (χ3n) is 1.40. The van der Waals surface area contributed by atoms with E-state index in [1.54, 1.807) is 19.4 Å². The van der Waals surface area contributed by atoms with Crippen LogP contribution < -0.4 is 5.56 Å². The molecule has 0 aliphatic heterocycles. The zero-order chi connectivity index (χ0) is 7.56. The summed E-state index contributed by atoms with van der Waals surface area (Å²) in [7, 11) is 1.69. The van der Waals surface area contributed by atoms with Crippen molar-refractivity contribution in [3.8, 4) is 0 Å². The summed E-state index contributed by atoms with van der Waals surface area (Å²) in [4.78, 5) is 14.9. The van der Waals surface area contributed by atoms with Gasteiger partial charge < -0.3 is 4.57 Å². The van der Waals surface area contributed by atoms with Crippen LogP contribution in [0.25, 0.3) is 0 Å². The highest BCUT2D eigenvalue weighted by atomic mass is 16.1. The molecule has 0 saturated carbocycles. The molecule has 1 aromatic heterocycles. The van der Waals surface area contributed by atoms with Crippen molar-refractivity contribution in [1.29, 1.82) is 0 Å². The zero-order valence-corrected chi connectivity index (χ0v) is 6.16. The summed E-state index contributed by atoms with van der Waals surface area (Å²) in [5.74, 6) is 0. The van der Waals surface area contributed by atoms with Crippen molar-refractivity contribution in [2.45, 2.75) is 13.3 Å². The highest BCUT2D eigenvalue weighted by molar-refractivity contribution is 4.98. The van der Waals surface area contributed by atoms with E-state index in [9.17, 15) is 4.79 Å². The van der Waals surface area contributed by atoms with Crippen molar-refractivity contribution >= 4 is 0 Å². The minimum atomic E-state index is 0.00634. The SMILES string of the molecule is CCc1cc(=O)n(C)cn1. The van der Waals surface area contributed by atoms with Gasteiger partial charge in [0.25, 0.3) is 5.56 Å². The van der Waals surface area contributed by atoms with E-state index in [2.05, 4.69) is 4.98 Å². The van der Waals surface area contributed by atoms with E-state index < -0.39 is 0 Å². The van der Waals surface area contributed by atoms with Crippen molar-refractivity contribution < 1.29 is 0 Å². The van der Waals surface area contributed by atoms with Crippen molar-refractivity contribution in [1.82, 2.24) is 9.55 Å². The summed E-state index contributed by atoms with van der Waals surface area (Å²) in [5.41, 5.74) is 0.856. The summed E-state index contributed by atoms with van der Waals surface area (Å²) < 4.78 is 1.46. The maximum atomic E-state index is 10.9. The second-order valence-electron chi connectivity index (χ2n) is 2.18. The van der Waals surface area contributed by atoms with Gasteiger partial charge in [-0.2, -0.15) is 0 Å². The maximum Gasteiger partial charge on any atom is 0.253 e. The monoisotopic (exact) mass is 138 g/mol. The van der Waals surface area contributed by atoms with Crippen LogP contribution in [0, 0.1) is 0 Å². The summed E-state index contributed by atoms with van der Waals surface area (Å²) in [6, 6.07) is 1.56. The minimum absolute atomic E-state index is 0.00634. The molecular weight excluding hydrogens is 128 g/mol. The Hall–Kier alpha value is -1.12. The van der Waals surface area contributed by atoms with Crippen LogP contribution in [0.4, 0.5) is 0 Å². The molecule has 0 bridgehead atoms. The van der Waals surface area contributed by atoms with Gasteiger partial charge in [0.05, 0.1) is 6.33 Å². The molecule has 1 rings (SSSR count). The maximum absolute atomic E-state index is 10.9. The molecule has 0 unspecified atom stereocenters. The molecular formula is C7H10N2O. The first-order chi connectivity index (χ1) is 4.74. The number of hydrogen-bond donors (Lipinski definition) is 0. The van der Waals surface area contributed by atoms with Crippen LogP contribution in [0.3, 0.4) is 0 Å². The topological polar surface area (TPSA) is 34.9 Å². The Balaban J connectivity index is 3.17. The minimum Gasteiger partial charge on any atom is -0.302 e. The number of aromatic nitrogens is 2. The standard InChI is InChI=1S/C7H10N2O/c1-3-6-4-7(10)9(2)5-8-6/h4-5H,3H2,1-2H3. The first-order valence-corrected chi connectivity index (χ1v) is 3.25. The molecule has 3 nitrogen and oxygen atoms in total. The van der Waals surface area contributed by atoms with Gasteiger partial charge in [-0.05, 0) is 6.42 Å². The van der Waals surface area contributed by atoms with E-state index in [1.165, 1.54) is 4.57 Å². The quantitative estimate of drug-likeness (QED) is 0.561. The Bertz CT molecular complexity index is 277. The summed E-state index contributed by atoms with van der Waals surface area (Å²) in [6.07, 6.45) is 2.36. The van der Waals surface area contributed by atoms with Crippen molar-refractivity contribution in [2.75, 3.05) is 0 Å². The molecule has 0 amide bonds. The lowest BCUT2D eigenvalue weighted by Crippen LogP contribution is -2.16. The molecule has 1 aromatic rings. The van der Waals surface area contributed by atoms with Crippen molar-refractivity contribution in [2.24, 2.45) is 7.05 Å². The van der Waals surface area contributed by atoms with Gasteiger partial charge in [-0.3, -0.25) is 4.79 Å². The first kappa shape index (κ1) is 6.99. The van der Waals surface area contributed by atoms with E-state index in [0.717, 1.165) is 12.1 Å². The molecule has 3 heteroatoms. The van der Waals surface area contributed by atoms with Gasteiger partial charge in [-0.25, -0.2) is 4.98 Å². The van der Waals surface area contributed by atoms with Gasteiger partial charge in [0, 0.05) is 18.8 Å². The van der Waals surface area contributed by atoms with Crippen LogP contribution in [0.1, 0.15) is 12.6 Å². The van der Waals surface area contributed by atoms with E-state index >= 15 is 0 Å². The summed E-state index contributed by atoms with van der Waals surface area (Å²) >= 11 is 0. The average Bonchev–Trinajstić information content (AvgIpc) is 1.95. The van der Waals surface area contributed by atoms with Gasteiger partial charge in [0.1, 0.15) is 0 Å². The molecule has 0 spiro atoms. The van der Waals surface area contributed by atoms with Crippen LogP contribution >= 0.6 is 0 Å². The van der Waals surface area contributed by atoms with Gasteiger partial charge in [-0.1, -0.05) is 6.92 Å². The van der Waals surface area contributed by atoms with Crippen LogP contribution in [-0.2, 0) is 13.5 Å². The predicted molar refractivity (Wildman–Crippen MR) is 38.9 cm³/mol. The largest absolute Gasteiger partial charge is 0.302 e. The average molecular weight is 138 g/mol. The lowest BCUT2D eigenvalue weighted by Gasteiger charge is -1.96. The fraction of sp³-hybridized carbons (Fsp3) is 0.429. The molecule has 0 aromatic carbocycles. The van der Waals surface area contributed by atoms with E-state index in [4.69, 9.17) is 0 Å². The van der Waals surface area contributed by atoms with Crippen LogP contribution in [-0.4, -0.2) is 9.55 Å². The molecule has 54 valence electrons. The van der Waals surface area contributed by atoms with E-state index in [0.29, 0.717) is 0 Å². The Labute approximate surface area is 59.3 Å². The number of aryl methyl sites for hydroxylation is 2. The van der Waals surface area contributed by atoms with Crippen LogP contribution in [0.15, 0.2) is 17.2 Å². The normalized spacial score (nSPS) is 9.80. The number of rotatable bonds is 1. The lowest BCUT2D eigenvalue weighted by atomic mass is 10.3. The molecule has 0 aliphatic rings. The van der Waals surface area contributed by atoms with Gasteiger partial charge in [0.2, 0.25) is 0 Å². The Morgan fingerprint density at radius 2 is 2.40 bits per heavy atom. The molecule has 0 atom stereocenters. The zero-order valence-electron chi connectivity index (χ0n) is 6.16. The van der Waals surface area contributed by atoms with Gasteiger partial charge in [-0.15, -0.1) is 0 Å². The Morgan fingerprint density at radius 1 is 1.70 bits per heavy atom. The van der Waals surface area contributed by atoms with Crippen molar-refractivity contribution in [3.05, 3.63) is 28.4 Å². The molecule has 10 heavy (non-hydrogen) atoms. The van der Waals surface area contributed by atoms with Gasteiger partial charge >= 0.3 is 0 Å². The van der Waals surface area contributed by atoms with Crippen LogP contribution in [0.5, 0.6) is 0 Å². The first-order valence-electron chi connectivity index (χ1n) is 3.25. The van der Waals surface area contributed by atoms with E-state index in [1.807, 2.05) is 6.92 Å². The second-order valence-corrected chi connectivity index (χ2v) is 2.18. The summed E-state index contributed by atoms with van der Waals surface area (Å²) in [5, 5.41) is 0. The Kier molecular flexibility index (Phi) is 1.85. The lowest BCUT2D eigenvalue weighted by molar-refractivity contribution is 0.802. The second kappa shape index (κ2) is 2.64. The number of nitrogens with zero attached hydrogens (tertiary/aromatic N) is 2. The third-order valence-corrected chi connectivity index (χ3v) is 1.40. The predicted octanol–water partition coefficient (Wildman–Crippen LogP) is 0.343. The third kappa shape index (κ3) is 1.23. The fourth-order valence-corrected chi connectivity index (χ4v) is 0.693. The van der Waals surface area contributed by atoms with E-state index in [-0.39, 0.29) is 5.56 Å². The Morgan fingerprint density at radius 3 is 2.90 bits per heavy atom. The highest BCUT2D eigenvalue weighted by Crippen LogP contribution is 1.87. The summed E-state index contributed by atoms with van der Waals surface area (Å²) in [6.45, 7) is 1.97.